The van der Waals surface area contributed by atoms with E-state index in [0.29, 0.717) is 6.42 Å². The van der Waals surface area contributed by atoms with Gasteiger partial charge in [0.15, 0.2) is 0 Å². The van der Waals surface area contributed by atoms with Crippen LogP contribution in [0, 0.1) is 5.41 Å². The Balaban J connectivity index is 1.44. The van der Waals surface area contributed by atoms with Crippen LogP contribution in [0.3, 0.4) is 0 Å². The fourth-order valence-electron chi connectivity index (χ4n) is 4.08. The molecule has 1 aromatic carbocycles. The summed E-state index contributed by atoms with van der Waals surface area (Å²) in [6.45, 7) is 2.62. The minimum Gasteiger partial charge on any atom is -0.384 e. The van der Waals surface area contributed by atoms with Crippen molar-refractivity contribution in [1.29, 1.82) is 0 Å². The largest absolute Gasteiger partial charge is 0.384 e. The van der Waals surface area contributed by atoms with Crippen LogP contribution in [0.1, 0.15) is 30.4 Å². The second-order valence-corrected chi connectivity index (χ2v) is 6.94. The highest BCUT2D eigenvalue weighted by molar-refractivity contribution is 5.80. The van der Waals surface area contributed by atoms with E-state index in [1.807, 2.05) is 4.90 Å². The first-order valence-corrected chi connectivity index (χ1v) is 8.05. The number of rotatable bonds is 2. The molecule has 2 heterocycles. The Morgan fingerprint density at radius 3 is 3.00 bits per heavy atom. The summed E-state index contributed by atoms with van der Waals surface area (Å²) in [5.41, 5.74) is 10.2. The third-order valence-corrected chi connectivity index (χ3v) is 5.65. The molecule has 0 aromatic heterocycles. The highest BCUT2D eigenvalue weighted by Crippen LogP contribution is 2.47. The smallest absolute Gasteiger partial charge is 0.227 e. The molecule has 112 valence electrons. The van der Waals surface area contributed by atoms with Crippen molar-refractivity contribution in [3.05, 3.63) is 29.3 Å². The van der Waals surface area contributed by atoms with Crippen LogP contribution in [0.4, 0.5) is 5.69 Å². The summed E-state index contributed by atoms with van der Waals surface area (Å²) in [5, 5.41) is 3.38. The number of likely N-dealkylation sites (tertiary alicyclic amines) is 1. The second-order valence-electron chi connectivity index (χ2n) is 6.94. The highest BCUT2D eigenvalue weighted by atomic mass is 16.2. The molecule has 4 heteroatoms. The molecule has 1 amide bonds. The number of benzene rings is 1. The fourth-order valence-corrected chi connectivity index (χ4v) is 4.08. The average Bonchev–Trinajstić information content (AvgIpc) is 3.01. The normalized spacial score (nSPS) is 25.6. The van der Waals surface area contributed by atoms with E-state index in [2.05, 4.69) is 23.5 Å². The van der Waals surface area contributed by atoms with Crippen molar-refractivity contribution < 1.29 is 4.79 Å². The molecule has 1 aromatic rings. The molecule has 1 unspecified atom stereocenters. The van der Waals surface area contributed by atoms with Crippen LogP contribution >= 0.6 is 0 Å². The van der Waals surface area contributed by atoms with Gasteiger partial charge in [0.25, 0.3) is 0 Å². The van der Waals surface area contributed by atoms with Crippen molar-refractivity contribution in [3.8, 4) is 0 Å². The predicted molar refractivity (Wildman–Crippen MR) is 83.2 cm³/mol. The van der Waals surface area contributed by atoms with Gasteiger partial charge < -0.3 is 16.0 Å². The van der Waals surface area contributed by atoms with Gasteiger partial charge in [0.2, 0.25) is 5.91 Å². The van der Waals surface area contributed by atoms with E-state index in [1.165, 1.54) is 30.5 Å². The molecule has 4 rings (SSSR count). The van der Waals surface area contributed by atoms with E-state index in [9.17, 15) is 4.79 Å². The first-order chi connectivity index (χ1) is 10.2. The van der Waals surface area contributed by atoms with Crippen LogP contribution in [0.15, 0.2) is 18.2 Å². The Hall–Kier alpha value is -1.55. The van der Waals surface area contributed by atoms with Crippen molar-refractivity contribution in [2.24, 2.45) is 11.1 Å². The number of amides is 1. The number of nitrogens with two attached hydrogens (primary N) is 1. The summed E-state index contributed by atoms with van der Waals surface area (Å²) < 4.78 is 0. The number of anilines is 1. The first kappa shape index (κ1) is 13.1. The minimum absolute atomic E-state index is 0.178. The molecule has 2 aliphatic heterocycles. The van der Waals surface area contributed by atoms with Gasteiger partial charge >= 0.3 is 0 Å². The van der Waals surface area contributed by atoms with Crippen molar-refractivity contribution in [2.45, 2.75) is 38.1 Å². The van der Waals surface area contributed by atoms with Crippen LogP contribution in [-0.4, -0.2) is 36.5 Å². The minimum atomic E-state index is 0.178. The Morgan fingerprint density at radius 1 is 1.43 bits per heavy atom. The Labute approximate surface area is 125 Å². The van der Waals surface area contributed by atoms with E-state index in [4.69, 9.17) is 5.73 Å². The van der Waals surface area contributed by atoms with Crippen molar-refractivity contribution in [1.82, 2.24) is 4.90 Å². The lowest BCUT2D eigenvalue weighted by Crippen LogP contribution is -2.45. The van der Waals surface area contributed by atoms with Gasteiger partial charge in [-0.2, -0.15) is 0 Å². The van der Waals surface area contributed by atoms with E-state index >= 15 is 0 Å². The number of hydrogen-bond acceptors (Lipinski definition) is 3. The Bertz CT molecular complexity index is 579. The average molecular weight is 285 g/mol. The summed E-state index contributed by atoms with van der Waals surface area (Å²) in [5.74, 6) is 0.229. The lowest BCUT2D eigenvalue weighted by atomic mass is 9.66. The summed E-state index contributed by atoms with van der Waals surface area (Å²) in [4.78, 5) is 14.5. The number of fused-ring (bicyclic) bond motifs is 1. The fraction of sp³-hybridized carbons (Fsp3) is 0.588. The van der Waals surface area contributed by atoms with Gasteiger partial charge in [0.1, 0.15) is 0 Å². The number of carbonyl (C=O) groups is 1. The lowest BCUT2D eigenvalue weighted by Gasteiger charge is -2.41. The van der Waals surface area contributed by atoms with Gasteiger partial charge in [-0.15, -0.1) is 0 Å². The van der Waals surface area contributed by atoms with Crippen LogP contribution in [-0.2, 0) is 17.6 Å². The Morgan fingerprint density at radius 2 is 2.29 bits per heavy atom. The quantitative estimate of drug-likeness (QED) is 0.866. The van der Waals surface area contributed by atoms with Gasteiger partial charge in [0.05, 0.1) is 6.42 Å². The van der Waals surface area contributed by atoms with E-state index in [1.54, 1.807) is 0 Å². The highest BCUT2D eigenvalue weighted by Gasteiger charge is 2.49. The van der Waals surface area contributed by atoms with Crippen LogP contribution < -0.4 is 11.1 Å². The van der Waals surface area contributed by atoms with Crippen LogP contribution in [0.25, 0.3) is 0 Å². The van der Waals surface area contributed by atoms with Crippen molar-refractivity contribution >= 4 is 11.6 Å². The van der Waals surface area contributed by atoms with Crippen molar-refractivity contribution in [3.63, 3.8) is 0 Å². The van der Waals surface area contributed by atoms with Gasteiger partial charge in [-0.25, -0.2) is 0 Å². The third kappa shape index (κ3) is 2.13. The van der Waals surface area contributed by atoms with Gasteiger partial charge in [-0.05, 0) is 36.5 Å². The maximum absolute atomic E-state index is 12.5. The molecule has 2 fully saturated rings. The molecule has 21 heavy (non-hydrogen) atoms. The zero-order valence-electron chi connectivity index (χ0n) is 12.4. The molecule has 0 radical (unpaired) electrons. The molecular formula is C17H23N3O. The number of carbonyl (C=O) groups excluding carboxylic acids is 1. The summed E-state index contributed by atoms with van der Waals surface area (Å²) >= 11 is 0. The van der Waals surface area contributed by atoms with E-state index in [-0.39, 0.29) is 17.4 Å². The molecule has 3 aliphatic rings. The zero-order chi connectivity index (χ0) is 14.4. The maximum Gasteiger partial charge on any atom is 0.227 e. The number of hydrogen-bond donors (Lipinski definition) is 2. The topological polar surface area (TPSA) is 58.4 Å². The lowest BCUT2D eigenvalue weighted by molar-refractivity contribution is -0.130. The second kappa shape index (κ2) is 4.73. The molecule has 1 aliphatic carbocycles. The zero-order valence-corrected chi connectivity index (χ0v) is 12.4. The standard InChI is InChI=1S/C17H23N3O/c18-15-10-20(11-17(15)5-1-6-17)16(21)9-12-2-3-13-4-7-19-14(13)8-12/h2-3,8,15,19H,1,4-7,9-11,18H2. The number of nitrogens with zero attached hydrogens (tertiary/aromatic N) is 1. The van der Waals surface area contributed by atoms with Gasteiger partial charge in [-0.3, -0.25) is 4.79 Å². The molecule has 1 atom stereocenters. The van der Waals surface area contributed by atoms with E-state index < -0.39 is 0 Å². The molecular weight excluding hydrogens is 262 g/mol. The van der Waals surface area contributed by atoms with Gasteiger partial charge in [-0.1, -0.05) is 18.6 Å². The summed E-state index contributed by atoms with van der Waals surface area (Å²) in [6, 6.07) is 6.56. The monoisotopic (exact) mass is 285 g/mol. The molecule has 1 spiro atoms. The molecule has 4 nitrogen and oxygen atoms in total. The molecule has 0 bridgehead atoms. The molecule has 1 saturated heterocycles. The Kier molecular flexibility index (Phi) is 2.96. The SMILES string of the molecule is NC1CN(C(=O)Cc2ccc3c(c2)NCC3)CC12CCC2. The third-order valence-electron chi connectivity index (χ3n) is 5.65. The summed E-state index contributed by atoms with van der Waals surface area (Å²) in [6.07, 6.45) is 5.25. The van der Waals surface area contributed by atoms with Crippen LogP contribution in [0.5, 0.6) is 0 Å². The predicted octanol–water partition coefficient (Wildman–Crippen LogP) is 1.54. The first-order valence-electron chi connectivity index (χ1n) is 8.05. The summed E-state index contributed by atoms with van der Waals surface area (Å²) in [7, 11) is 0. The van der Waals surface area contributed by atoms with Gasteiger partial charge in [0, 0.05) is 36.8 Å². The molecule has 3 N–H and O–H groups in total. The number of nitrogens with one attached hydrogen (secondary N) is 1. The molecule has 1 saturated carbocycles. The van der Waals surface area contributed by atoms with Crippen LogP contribution in [0.2, 0.25) is 0 Å². The van der Waals surface area contributed by atoms with Crippen molar-refractivity contribution in [2.75, 3.05) is 25.0 Å². The maximum atomic E-state index is 12.5. The van der Waals surface area contributed by atoms with E-state index in [0.717, 1.165) is 31.6 Å².